The molecule has 1 aliphatic carbocycles. The Morgan fingerprint density at radius 1 is 1.29 bits per heavy atom. The van der Waals surface area contributed by atoms with Crippen LogP contribution in [0.15, 0.2) is 17.5 Å². The zero-order chi connectivity index (χ0) is 17.9. The molecule has 4 atom stereocenters. The van der Waals surface area contributed by atoms with Gasteiger partial charge in [0.25, 0.3) is 0 Å². The van der Waals surface area contributed by atoms with Gasteiger partial charge in [-0.05, 0) is 32.2 Å². The van der Waals surface area contributed by atoms with Crippen molar-refractivity contribution in [3.8, 4) is 0 Å². The van der Waals surface area contributed by atoms with E-state index >= 15 is 0 Å². The number of ketones is 1. The largest absolute Gasteiger partial charge is 0.466 e. The highest BCUT2D eigenvalue weighted by Crippen LogP contribution is 2.47. The van der Waals surface area contributed by atoms with Crippen LogP contribution in [0.25, 0.3) is 0 Å². The molecule has 0 unspecified atom stereocenters. The van der Waals surface area contributed by atoms with Crippen LogP contribution >= 0.6 is 11.3 Å². The van der Waals surface area contributed by atoms with Crippen LogP contribution in [0.4, 0.5) is 0 Å². The zero-order valence-electron chi connectivity index (χ0n) is 14.0. The van der Waals surface area contributed by atoms with E-state index in [-0.39, 0.29) is 19.6 Å². The summed E-state index contributed by atoms with van der Waals surface area (Å²) in [6.07, 6.45) is -0.290. The number of thiophene rings is 1. The van der Waals surface area contributed by atoms with Gasteiger partial charge in [-0.25, -0.2) is 0 Å². The lowest BCUT2D eigenvalue weighted by molar-refractivity contribution is -0.172. The van der Waals surface area contributed by atoms with E-state index < -0.39 is 41.1 Å². The lowest BCUT2D eigenvalue weighted by Gasteiger charge is -2.43. The van der Waals surface area contributed by atoms with Crippen molar-refractivity contribution >= 4 is 29.1 Å². The second kappa shape index (κ2) is 7.44. The SMILES string of the molecule is CCOC(=O)[C@@H]1C(=O)C[C@](C)(O)[C@@H](C(=O)OCC)[C@H]1c1cccs1. The van der Waals surface area contributed by atoms with Crippen LogP contribution in [0.2, 0.25) is 0 Å². The molecule has 0 aliphatic heterocycles. The van der Waals surface area contributed by atoms with Gasteiger partial charge in [0, 0.05) is 17.2 Å². The average molecular weight is 354 g/mol. The number of aliphatic hydroxyl groups is 1. The van der Waals surface area contributed by atoms with Crippen LogP contribution in [0.3, 0.4) is 0 Å². The fourth-order valence-corrected chi connectivity index (χ4v) is 4.21. The molecule has 2 rings (SSSR count). The van der Waals surface area contributed by atoms with E-state index in [4.69, 9.17) is 9.47 Å². The summed E-state index contributed by atoms with van der Waals surface area (Å²) < 4.78 is 10.2. The summed E-state index contributed by atoms with van der Waals surface area (Å²) >= 11 is 1.33. The average Bonchev–Trinajstić information content (AvgIpc) is 2.99. The second-order valence-electron chi connectivity index (χ2n) is 6.00. The quantitative estimate of drug-likeness (QED) is 0.642. The molecular formula is C17H22O6S. The van der Waals surface area contributed by atoms with Gasteiger partial charge in [0.1, 0.15) is 5.92 Å². The Bertz CT molecular complexity index is 607. The van der Waals surface area contributed by atoms with E-state index in [1.54, 1.807) is 31.4 Å². The zero-order valence-corrected chi connectivity index (χ0v) is 14.8. The number of carbonyl (C=O) groups is 3. The van der Waals surface area contributed by atoms with Crippen molar-refractivity contribution in [1.82, 2.24) is 0 Å². The topological polar surface area (TPSA) is 89.9 Å². The van der Waals surface area contributed by atoms with Crippen molar-refractivity contribution in [1.29, 1.82) is 0 Å². The van der Waals surface area contributed by atoms with Gasteiger partial charge >= 0.3 is 11.9 Å². The van der Waals surface area contributed by atoms with Gasteiger partial charge < -0.3 is 14.6 Å². The minimum atomic E-state index is -1.58. The number of Topliss-reactive ketones (excluding diaryl/α,β-unsaturated/α-hetero) is 1. The Morgan fingerprint density at radius 2 is 1.92 bits per heavy atom. The number of hydrogen-bond acceptors (Lipinski definition) is 7. The van der Waals surface area contributed by atoms with Crippen LogP contribution in [-0.2, 0) is 23.9 Å². The van der Waals surface area contributed by atoms with E-state index in [0.717, 1.165) is 0 Å². The number of esters is 2. The molecule has 0 saturated heterocycles. The fourth-order valence-electron chi connectivity index (χ4n) is 3.30. The van der Waals surface area contributed by atoms with E-state index in [2.05, 4.69) is 0 Å². The van der Waals surface area contributed by atoms with E-state index in [1.165, 1.54) is 18.3 Å². The van der Waals surface area contributed by atoms with Crippen molar-refractivity contribution in [2.24, 2.45) is 11.8 Å². The third kappa shape index (κ3) is 3.52. The maximum atomic E-state index is 12.5. The second-order valence-corrected chi connectivity index (χ2v) is 6.98. The van der Waals surface area contributed by atoms with Crippen molar-refractivity contribution in [3.63, 3.8) is 0 Å². The Balaban J connectivity index is 2.53. The Hall–Kier alpha value is -1.73. The van der Waals surface area contributed by atoms with Crippen LogP contribution in [-0.4, -0.2) is 41.6 Å². The summed E-state index contributed by atoms with van der Waals surface area (Å²) in [5, 5.41) is 12.5. The van der Waals surface area contributed by atoms with Crippen LogP contribution in [0.1, 0.15) is 38.0 Å². The summed E-state index contributed by atoms with van der Waals surface area (Å²) in [6.45, 7) is 5.06. The molecular weight excluding hydrogens is 332 g/mol. The number of ether oxygens (including phenoxy) is 2. The maximum absolute atomic E-state index is 12.5. The first-order chi connectivity index (χ1) is 11.3. The molecule has 0 amide bonds. The van der Waals surface area contributed by atoms with Crippen molar-refractivity contribution in [2.75, 3.05) is 13.2 Å². The van der Waals surface area contributed by atoms with Crippen LogP contribution < -0.4 is 0 Å². The van der Waals surface area contributed by atoms with E-state index in [9.17, 15) is 19.5 Å². The molecule has 7 heteroatoms. The highest BCUT2D eigenvalue weighted by molar-refractivity contribution is 7.10. The summed E-state index contributed by atoms with van der Waals surface area (Å²) in [5.41, 5.74) is -1.58. The number of carbonyl (C=O) groups excluding carboxylic acids is 3. The Morgan fingerprint density at radius 3 is 2.46 bits per heavy atom. The van der Waals surface area contributed by atoms with Gasteiger partial charge in [-0.2, -0.15) is 0 Å². The molecule has 0 radical (unpaired) electrons. The molecule has 1 fully saturated rings. The predicted molar refractivity (Wildman–Crippen MR) is 87.6 cm³/mol. The molecule has 1 heterocycles. The molecule has 1 saturated carbocycles. The first-order valence-corrected chi connectivity index (χ1v) is 8.83. The summed E-state index contributed by atoms with van der Waals surface area (Å²) in [6, 6.07) is 3.53. The highest BCUT2D eigenvalue weighted by atomic mass is 32.1. The molecule has 0 spiro atoms. The summed E-state index contributed by atoms with van der Waals surface area (Å²) in [4.78, 5) is 38.1. The Labute approximate surface area is 144 Å². The third-order valence-electron chi connectivity index (χ3n) is 4.22. The first kappa shape index (κ1) is 18.6. The Kier molecular flexibility index (Phi) is 5.77. The first-order valence-electron chi connectivity index (χ1n) is 7.95. The van der Waals surface area contributed by atoms with E-state index in [1.807, 2.05) is 0 Å². The number of rotatable bonds is 5. The molecule has 0 aromatic carbocycles. The minimum absolute atomic E-state index is 0.139. The third-order valence-corrected chi connectivity index (χ3v) is 5.19. The lowest BCUT2D eigenvalue weighted by Crippen LogP contribution is -2.55. The molecule has 0 bridgehead atoms. The van der Waals surface area contributed by atoms with Gasteiger partial charge in [0.2, 0.25) is 0 Å². The highest BCUT2D eigenvalue weighted by Gasteiger charge is 2.57. The molecule has 1 aromatic rings. The number of hydrogen-bond donors (Lipinski definition) is 1. The summed E-state index contributed by atoms with van der Waals surface area (Å²) in [5.74, 6) is -4.61. The summed E-state index contributed by atoms with van der Waals surface area (Å²) in [7, 11) is 0. The van der Waals surface area contributed by atoms with Crippen molar-refractivity contribution in [2.45, 2.75) is 38.7 Å². The monoisotopic (exact) mass is 354 g/mol. The molecule has 132 valence electrons. The maximum Gasteiger partial charge on any atom is 0.317 e. The van der Waals surface area contributed by atoms with Gasteiger partial charge in [-0.3, -0.25) is 14.4 Å². The van der Waals surface area contributed by atoms with Gasteiger partial charge in [-0.1, -0.05) is 6.07 Å². The van der Waals surface area contributed by atoms with Gasteiger partial charge in [-0.15, -0.1) is 11.3 Å². The molecule has 6 nitrogen and oxygen atoms in total. The lowest BCUT2D eigenvalue weighted by atomic mass is 9.63. The van der Waals surface area contributed by atoms with Crippen LogP contribution in [0, 0.1) is 11.8 Å². The van der Waals surface area contributed by atoms with Gasteiger partial charge in [0.05, 0.1) is 24.7 Å². The smallest absolute Gasteiger partial charge is 0.317 e. The fraction of sp³-hybridized carbons (Fsp3) is 0.588. The molecule has 1 N–H and O–H groups in total. The van der Waals surface area contributed by atoms with Crippen molar-refractivity contribution < 1.29 is 29.0 Å². The van der Waals surface area contributed by atoms with Gasteiger partial charge in [0.15, 0.2) is 5.78 Å². The minimum Gasteiger partial charge on any atom is -0.466 e. The molecule has 1 aromatic heterocycles. The van der Waals surface area contributed by atoms with E-state index in [0.29, 0.717) is 4.88 Å². The normalized spacial score (nSPS) is 30.0. The van der Waals surface area contributed by atoms with Crippen molar-refractivity contribution in [3.05, 3.63) is 22.4 Å². The standard InChI is InChI=1S/C17H22O6S/c1-4-22-15(19)12-10(18)9-17(3,21)14(16(20)23-5-2)13(12)11-7-6-8-24-11/h6-8,12-14,21H,4-5,9H2,1-3H3/t12-,13+,14-,17+/m1/s1. The van der Waals surface area contributed by atoms with Crippen LogP contribution in [0.5, 0.6) is 0 Å². The predicted octanol–water partition coefficient (Wildman–Crippen LogP) is 1.91. The molecule has 1 aliphatic rings. The molecule has 24 heavy (non-hydrogen) atoms.